The lowest BCUT2D eigenvalue weighted by Crippen LogP contribution is -1.92. The third kappa shape index (κ3) is 1.59. The van der Waals surface area contributed by atoms with Crippen molar-refractivity contribution >= 4 is 65.6 Å². The van der Waals surface area contributed by atoms with E-state index >= 15 is 0 Å². The van der Waals surface area contributed by atoms with Crippen molar-refractivity contribution < 1.29 is 0 Å². The smallest absolute Gasteiger partial charge is 0.0585 e. The zero-order valence-electron chi connectivity index (χ0n) is 6.68. The second-order valence-electron chi connectivity index (χ2n) is 2.73. The van der Waals surface area contributed by atoms with Gasteiger partial charge in [0.25, 0.3) is 0 Å². The predicted molar refractivity (Wildman–Crippen MR) is 71.6 cm³/mol. The fourth-order valence-electron chi connectivity index (χ4n) is 1.27. The highest BCUT2D eigenvalue weighted by atomic mass is 127. The first-order valence-corrected chi connectivity index (χ1v) is 6.82. The highest BCUT2D eigenvalue weighted by Gasteiger charge is 2.08. The summed E-state index contributed by atoms with van der Waals surface area (Å²) in [5.74, 6) is 0. The molecule has 1 aromatic heterocycles. The van der Waals surface area contributed by atoms with Crippen molar-refractivity contribution in [3.63, 3.8) is 0 Å². The number of hydrogen-bond donors (Lipinski definition) is 1. The van der Waals surface area contributed by atoms with Gasteiger partial charge in [-0.05, 0) is 45.7 Å². The normalized spacial score (nSPS) is 10.9. The Morgan fingerprint density at radius 3 is 3.00 bits per heavy atom. The minimum Gasteiger partial charge on any atom is -0.397 e. The van der Waals surface area contributed by atoms with Gasteiger partial charge in [0.05, 0.1) is 10.4 Å². The number of halogens is 2. The number of hydrogen-bond acceptors (Lipinski definition) is 2. The minimum atomic E-state index is 0.822. The maximum atomic E-state index is 6.02. The number of anilines is 1. The third-order valence-corrected chi connectivity index (χ3v) is 4.40. The van der Waals surface area contributed by atoms with Gasteiger partial charge in [0.2, 0.25) is 0 Å². The van der Waals surface area contributed by atoms with Crippen LogP contribution in [0.15, 0.2) is 17.5 Å². The van der Waals surface area contributed by atoms with Crippen LogP contribution in [0.25, 0.3) is 10.1 Å². The summed E-state index contributed by atoms with van der Waals surface area (Å²) in [5, 5.41) is 4.18. The van der Waals surface area contributed by atoms with Crippen LogP contribution in [-0.4, -0.2) is 0 Å². The van der Waals surface area contributed by atoms with E-state index < -0.39 is 0 Å². The molecule has 13 heavy (non-hydrogen) atoms. The first-order chi connectivity index (χ1) is 6.24. The quantitative estimate of drug-likeness (QED) is 0.460. The van der Waals surface area contributed by atoms with Gasteiger partial charge in [0.15, 0.2) is 0 Å². The second-order valence-corrected chi connectivity index (χ2v) is 5.37. The summed E-state index contributed by atoms with van der Waals surface area (Å²) in [6.07, 6.45) is 0. The van der Waals surface area contributed by atoms with E-state index in [1.807, 2.05) is 0 Å². The molecule has 0 aliphatic carbocycles. The molecule has 0 spiro atoms. The predicted octanol–water partition coefficient (Wildman–Crippen LogP) is 3.98. The molecule has 2 N–H and O–H groups in total. The molecule has 0 aliphatic rings. The number of rotatable bonds is 1. The van der Waals surface area contributed by atoms with E-state index in [9.17, 15) is 0 Å². The van der Waals surface area contributed by atoms with Crippen LogP contribution in [0.2, 0.25) is 0 Å². The molecule has 0 saturated carbocycles. The van der Waals surface area contributed by atoms with Gasteiger partial charge in [0, 0.05) is 14.3 Å². The molecule has 68 valence electrons. The SMILES string of the molecule is Nc1c(CBr)cc(I)c2ccsc12. The Bertz CT molecular complexity index is 452. The Morgan fingerprint density at radius 1 is 1.54 bits per heavy atom. The largest absolute Gasteiger partial charge is 0.397 e. The van der Waals surface area contributed by atoms with Crippen molar-refractivity contribution in [1.29, 1.82) is 0 Å². The molecule has 0 radical (unpaired) electrons. The molecule has 1 aromatic carbocycles. The molecule has 1 nitrogen and oxygen atoms in total. The van der Waals surface area contributed by atoms with Gasteiger partial charge in [-0.15, -0.1) is 11.3 Å². The van der Waals surface area contributed by atoms with Crippen molar-refractivity contribution in [2.45, 2.75) is 5.33 Å². The molecule has 0 fully saturated rings. The summed E-state index contributed by atoms with van der Waals surface area (Å²) in [6, 6.07) is 4.26. The van der Waals surface area contributed by atoms with Crippen molar-refractivity contribution in [1.82, 2.24) is 0 Å². The standard InChI is InChI=1S/C9H7BrINS/c10-4-5-3-7(11)6-1-2-13-9(6)8(5)12/h1-3H,4,12H2. The van der Waals surface area contributed by atoms with Crippen molar-refractivity contribution in [3.8, 4) is 0 Å². The third-order valence-electron chi connectivity index (χ3n) is 1.96. The molecule has 0 aliphatic heterocycles. The monoisotopic (exact) mass is 367 g/mol. The van der Waals surface area contributed by atoms with Crippen molar-refractivity contribution in [3.05, 3.63) is 26.6 Å². The summed E-state index contributed by atoms with van der Waals surface area (Å²) in [5.41, 5.74) is 8.12. The fraction of sp³-hybridized carbons (Fsp3) is 0.111. The van der Waals surface area contributed by atoms with Crippen LogP contribution in [0, 0.1) is 3.57 Å². The maximum absolute atomic E-state index is 6.02. The Hall–Kier alpha value is 0.190. The van der Waals surface area contributed by atoms with Crippen LogP contribution in [0.5, 0.6) is 0 Å². The average Bonchev–Trinajstić information content (AvgIpc) is 2.60. The highest BCUT2D eigenvalue weighted by Crippen LogP contribution is 2.34. The van der Waals surface area contributed by atoms with Gasteiger partial charge in [-0.1, -0.05) is 15.9 Å². The molecular formula is C9H7BrINS. The molecule has 4 heteroatoms. The topological polar surface area (TPSA) is 26.0 Å². The van der Waals surface area contributed by atoms with Gasteiger partial charge in [-0.25, -0.2) is 0 Å². The molecule has 2 rings (SSSR count). The lowest BCUT2D eigenvalue weighted by molar-refractivity contribution is 1.46. The summed E-state index contributed by atoms with van der Waals surface area (Å²) < 4.78 is 2.49. The molecule has 0 amide bonds. The van der Waals surface area contributed by atoms with Gasteiger partial charge < -0.3 is 5.73 Å². The van der Waals surface area contributed by atoms with Crippen LogP contribution in [-0.2, 0) is 5.33 Å². The zero-order valence-corrected chi connectivity index (χ0v) is 11.2. The average molecular weight is 368 g/mol. The number of benzene rings is 1. The molecule has 0 unspecified atom stereocenters. The number of nitrogens with two attached hydrogens (primary N) is 1. The van der Waals surface area contributed by atoms with Crippen LogP contribution in [0.4, 0.5) is 5.69 Å². The van der Waals surface area contributed by atoms with Gasteiger partial charge in [0.1, 0.15) is 0 Å². The molecule has 2 aromatic rings. The van der Waals surface area contributed by atoms with Crippen LogP contribution < -0.4 is 5.73 Å². The summed E-state index contributed by atoms with van der Waals surface area (Å²) in [7, 11) is 0. The lowest BCUT2D eigenvalue weighted by atomic mass is 10.1. The van der Waals surface area contributed by atoms with E-state index in [-0.39, 0.29) is 0 Å². The van der Waals surface area contributed by atoms with Crippen molar-refractivity contribution in [2.75, 3.05) is 5.73 Å². The zero-order chi connectivity index (χ0) is 9.42. The van der Waals surface area contributed by atoms with Crippen molar-refractivity contribution in [2.24, 2.45) is 0 Å². The van der Waals surface area contributed by atoms with E-state index in [4.69, 9.17) is 5.73 Å². The number of fused-ring (bicyclic) bond motifs is 1. The first-order valence-electron chi connectivity index (χ1n) is 3.74. The summed E-state index contributed by atoms with van der Waals surface area (Å²) in [6.45, 7) is 0. The Labute approximate surface area is 103 Å². The molecule has 0 saturated heterocycles. The fourth-order valence-corrected chi connectivity index (χ4v) is 3.65. The first kappa shape index (κ1) is 9.73. The maximum Gasteiger partial charge on any atom is 0.0585 e. The van der Waals surface area contributed by atoms with E-state index in [0.717, 1.165) is 11.0 Å². The lowest BCUT2D eigenvalue weighted by Gasteiger charge is -2.04. The van der Waals surface area contributed by atoms with Gasteiger partial charge in [-0.2, -0.15) is 0 Å². The van der Waals surface area contributed by atoms with Crippen LogP contribution in [0.1, 0.15) is 5.56 Å². The minimum absolute atomic E-state index is 0.822. The Kier molecular flexibility index (Phi) is 2.80. The van der Waals surface area contributed by atoms with E-state index in [2.05, 4.69) is 56.0 Å². The van der Waals surface area contributed by atoms with E-state index in [1.54, 1.807) is 11.3 Å². The molecule has 0 atom stereocenters. The summed E-state index contributed by atoms with van der Waals surface area (Å²) in [4.78, 5) is 0. The Balaban J connectivity index is 2.85. The molecular weight excluding hydrogens is 361 g/mol. The number of thiophene rings is 1. The molecule has 0 bridgehead atoms. The van der Waals surface area contributed by atoms with Gasteiger partial charge >= 0.3 is 0 Å². The van der Waals surface area contributed by atoms with Crippen LogP contribution >= 0.6 is 49.9 Å². The number of nitrogen functional groups attached to an aromatic ring is 1. The highest BCUT2D eigenvalue weighted by molar-refractivity contribution is 14.1. The van der Waals surface area contributed by atoms with E-state index in [1.165, 1.54) is 19.2 Å². The van der Waals surface area contributed by atoms with Crippen LogP contribution in [0.3, 0.4) is 0 Å². The number of alkyl halides is 1. The summed E-state index contributed by atoms with van der Waals surface area (Å²) >= 11 is 7.50. The van der Waals surface area contributed by atoms with Gasteiger partial charge in [-0.3, -0.25) is 0 Å². The van der Waals surface area contributed by atoms with E-state index in [0.29, 0.717) is 0 Å². The second kappa shape index (κ2) is 3.74. The molecule has 1 heterocycles. The Morgan fingerprint density at radius 2 is 2.31 bits per heavy atom.